The first-order valence-corrected chi connectivity index (χ1v) is 9.32. The molecule has 0 radical (unpaired) electrons. The van der Waals surface area contributed by atoms with Gasteiger partial charge < -0.3 is 4.74 Å². The Morgan fingerprint density at radius 2 is 1.41 bits per heavy atom. The molecule has 1 fully saturated rings. The van der Waals surface area contributed by atoms with Gasteiger partial charge in [-0.25, -0.2) is 4.90 Å². The minimum Gasteiger partial charge on any atom is -0.469 e. The molecule has 2 atom stereocenters. The highest BCUT2D eigenvalue weighted by Gasteiger charge is 2.78. The second kappa shape index (κ2) is 4.94. The number of nitrogens with zero attached hydrogens (tertiary/aromatic N) is 3. The summed E-state index contributed by atoms with van der Waals surface area (Å²) in [4.78, 5) is 28.4. The van der Waals surface area contributed by atoms with E-state index in [2.05, 4.69) is 12.1 Å². The minimum absolute atomic E-state index is 0.00831. The SMILES string of the molecule is CC1(C)[N+](=O)C(N2c3ccccc3C3c4ccccc4OC32)[N+](=O)C1(C)C. The van der Waals surface area contributed by atoms with E-state index in [-0.39, 0.29) is 5.92 Å². The zero-order valence-corrected chi connectivity index (χ0v) is 15.9. The Bertz CT molecular complexity index is 972. The van der Waals surface area contributed by atoms with Crippen molar-refractivity contribution in [3.8, 4) is 5.75 Å². The van der Waals surface area contributed by atoms with Crippen LogP contribution in [0.1, 0.15) is 44.7 Å². The monoisotopic (exact) mass is 365 g/mol. The lowest BCUT2D eigenvalue weighted by molar-refractivity contribution is -0.753. The molecule has 0 aliphatic carbocycles. The number of anilines is 1. The molecule has 6 heteroatoms. The molecule has 0 saturated carbocycles. The molecule has 6 nitrogen and oxygen atoms in total. The number of para-hydroxylation sites is 2. The molecule has 0 spiro atoms. The molecule has 2 unspecified atom stereocenters. The van der Waals surface area contributed by atoms with Gasteiger partial charge in [0.05, 0.1) is 11.6 Å². The Morgan fingerprint density at radius 1 is 0.852 bits per heavy atom. The van der Waals surface area contributed by atoms with Crippen LogP contribution in [-0.4, -0.2) is 33.1 Å². The van der Waals surface area contributed by atoms with Gasteiger partial charge in [-0.15, -0.1) is 0 Å². The molecule has 0 aromatic heterocycles. The normalized spacial score (nSPS) is 27.3. The summed E-state index contributed by atoms with van der Waals surface area (Å²) in [5, 5.41) is 0. The van der Waals surface area contributed by atoms with E-state index in [1.54, 1.807) is 0 Å². The molecule has 0 bridgehead atoms. The predicted molar refractivity (Wildman–Crippen MR) is 101 cm³/mol. The highest BCUT2D eigenvalue weighted by atomic mass is 16.5. The maximum atomic E-state index is 13.3. The van der Waals surface area contributed by atoms with Crippen LogP contribution in [0.2, 0.25) is 0 Å². The maximum absolute atomic E-state index is 13.3. The summed E-state index contributed by atoms with van der Waals surface area (Å²) in [6, 6.07) is 15.9. The van der Waals surface area contributed by atoms with Crippen LogP contribution < -0.4 is 9.64 Å². The molecule has 2 aromatic rings. The molecule has 3 heterocycles. The smallest absolute Gasteiger partial charge is 0.469 e. The molecular weight excluding hydrogens is 342 g/mol. The van der Waals surface area contributed by atoms with Gasteiger partial charge in [-0.3, -0.25) is 0 Å². The second-order valence-electron chi connectivity index (χ2n) is 8.61. The van der Waals surface area contributed by atoms with E-state index in [1.165, 1.54) is 0 Å². The molecule has 5 rings (SSSR count). The number of hydrogen-bond donors (Lipinski definition) is 0. The Balaban J connectivity index is 1.69. The van der Waals surface area contributed by atoms with Crippen molar-refractivity contribution >= 4 is 5.69 Å². The van der Waals surface area contributed by atoms with Gasteiger partial charge in [-0.1, -0.05) is 36.4 Å². The van der Waals surface area contributed by atoms with Gasteiger partial charge in [0, 0.05) is 43.1 Å². The molecular formula is C21H23N3O3+2. The highest BCUT2D eigenvalue weighted by Crippen LogP contribution is 2.54. The van der Waals surface area contributed by atoms with Crippen molar-refractivity contribution in [2.75, 3.05) is 4.90 Å². The Morgan fingerprint density at radius 3 is 2.07 bits per heavy atom. The molecule has 0 N–H and O–H groups in total. The first-order chi connectivity index (χ1) is 12.8. The summed E-state index contributed by atoms with van der Waals surface area (Å²) in [5.74, 6) is 0.810. The van der Waals surface area contributed by atoms with Crippen molar-refractivity contribution in [1.82, 2.24) is 0 Å². The van der Waals surface area contributed by atoms with Gasteiger partial charge in [0.1, 0.15) is 15.3 Å². The van der Waals surface area contributed by atoms with Crippen LogP contribution in [0, 0.1) is 9.81 Å². The lowest BCUT2D eigenvalue weighted by Crippen LogP contribution is -2.52. The number of benzene rings is 2. The topological polar surface area (TPSA) is 52.6 Å². The van der Waals surface area contributed by atoms with E-state index in [0.29, 0.717) is 0 Å². The van der Waals surface area contributed by atoms with Gasteiger partial charge in [-0.2, -0.15) is 0 Å². The van der Waals surface area contributed by atoms with Crippen molar-refractivity contribution in [1.29, 1.82) is 0 Å². The number of fused-ring (bicyclic) bond motifs is 5. The van der Waals surface area contributed by atoms with Crippen LogP contribution in [-0.2, 0) is 0 Å². The molecule has 2 aromatic carbocycles. The van der Waals surface area contributed by atoms with E-state index in [0.717, 1.165) is 32.1 Å². The van der Waals surface area contributed by atoms with E-state index >= 15 is 0 Å². The standard InChI is InChI=1S/C21H23N3O3/c1-20(2)21(3,4)24(26)19(23(20)25)22-15-11-7-5-9-13(15)17-14-10-6-8-12-16(14)27-18(17)22/h5-12,17-19H,1-4H3/q+2. The quantitative estimate of drug-likeness (QED) is 0.722. The van der Waals surface area contributed by atoms with Gasteiger partial charge in [0.15, 0.2) is 6.23 Å². The number of nitroso groups, excluding NO2 is 2. The van der Waals surface area contributed by atoms with E-state index < -0.39 is 23.6 Å². The van der Waals surface area contributed by atoms with Crippen molar-refractivity contribution in [2.45, 2.75) is 57.2 Å². The van der Waals surface area contributed by atoms with Gasteiger partial charge >= 0.3 is 6.29 Å². The van der Waals surface area contributed by atoms with Gasteiger partial charge in [0.2, 0.25) is 0 Å². The molecule has 0 amide bonds. The zero-order valence-electron chi connectivity index (χ0n) is 15.9. The van der Waals surface area contributed by atoms with E-state index in [9.17, 15) is 9.81 Å². The Labute approximate surface area is 157 Å². The summed E-state index contributed by atoms with van der Waals surface area (Å²) in [6.07, 6.45) is -1.37. The van der Waals surface area contributed by atoms with Crippen molar-refractivity contribution in [2.24, 2.45) is 0 Å². The van der Waals surface area contributed by atoms with Crippen molar-refractivity contribution < 1.29 is 14.3 Å². The third kappa shape index (κ3) is 1.80. The Kier molecular flexibility index (Phi) is 3.00. The lowest BCUT2D eigenvalue weighted by atomic mass is 9.84. The van der Waals surface area contributed by atoms with Crippen LogP contribution in [0.3, 0.4) is 0 Å². The molecule has 1 saturated heterocycles. The van der Waals surface area contributed by atoms with Crippen LogP contribution >= 0.6 is 0 Å². The van der Waals surface area contributed by atoms with Crippen molar-refractivity contribution in [3.63, 3.8) is 0 Å². The number of hydrogen-bond acceptors (Lipinski definition) is 4. The van der Waals surface area contributed by atoms with Crippen molar-refractivity contribution in [3.05, 3.63) is 69.5 Å². The number of ether oxygens (including phenoxy) is 1. The predicted octanol–water partition coefficient (Wildman–Crippen LogP) is 3.77. The van der Waals surface area contributed by atoms with E-state index in [4.69, 9.17) is 4.74 Å². The highest BCUT2D eigenvalue weighted by molar-refractivity contribution is 5.67. The summed E-state index contributed by atoms with van der Waals surface area (Å²) in [5.41, 5.74) is 1.42. The average Bonchev–Trinajstić information content (AvgIpc) is 3.20. The fourth-order valence-corrected chi connectivity index (χ4v) is 4.55. The Hall–Kier alpha value is -2.76. The van der Waals surface area contributed by atoms with Crippen LogP contribution in [0.4, 0.5) is 5.69 Å². The zero-order chi connectivity index (χ0) is 19.1. The third-order valence-corrected chi connectivity index (χ3v) is 6.88. The maximum Gasteiger partial charge on any atom is 0.520 e. The summed E-state index contributed by atoms with van der Waals surface area (Å²) < 4.78 is 8.14. The van der Waals surface area contributed by atoms with Crippen LogP contribution in [0.25, 0.3) is 0 Å². The van der Waals surface area contributed by atoms with Gasteiger partial charge in [0.25, 0.3) is 11.1 Å². The van der Waals surface area contributed by atoms with Crippen LogP contribution in [0.5, 0.6) is 5.75 Å². The fourth-order valence-electron chi connectivity index (χ4n) is 4.55. The fraction of sp³-hybridized carbons (Fsp3) is 0.429. The first kappa shape index (κ1) is 16.4. The average molecular weight is 365 g/mol. The molecule has 138 valence electrons. The summed E-state index contributed by atoms with van der Waals surface area (Å²) in [6.45, 7) is 7.31. The first-order valence-electron chi connectivity index (χ1n) is 9.32. The summed E-state index contributed by atoms with van der Waals surface area (Å²) in [7, 11) is 0. The largest absolute Gasteiger partial charge is 0.520 e. The number of rotatable bonds is 1. The van der Waals surface area contributed by atoms with Gasteiger partial charge in [-0.05, 0) is 17.7 Å². The molecule has 27 heavy (non-hydrogen) atoms. The molecule has 3 aliphatic heterocycles. The lowest BCUT2D eigenvalue weighted by Gasteiger charge is -2.22. The molecule has 3 aliphatic rings. The summed E-state index contributed by atoms with van der Waals surface area (Å²) >= 11 is 0. The van der Waals surface area contributed by atoms with E-state index in [1.807, 2.05) is 69.0 Å². The minimum atomic E-state index is -0.972. The van der Waals surface area contributed by atoms with Crippen LogP contribution in [0.15, 0.2) is 48.5 Å². The second-order valence-corrected chi connectivity index (χ2v) is 8.61. The third-order valence-electron chi connectivity index (χ3n) is 6.88.